The third kappa shape index (κ3) is 2.12. The van der Waals surface area contributed by atoms with Crippen molar-refractivity contribution in [3.8, 4) is 11.3 Å². The molecule has 0 spiro atoms. The number of halogens is 1. The van der Waals surface area contributed by atoms with Crippen molar-refractivity contribution in [1.82, 2.24) is 9.78 Å². The van der Waals surface area contributed by atoms with Gasteiger partial charge in [0, 0.05) is 5.56 Å². The SMILES string of the molecule is Cc1ccccc1-c1c(I)cnn1CCO. The Kier molecular flexibility index (Phi) is 3.60. The molecule has 2 aromatic rings. The zero-order valence-electron chi connectivity index (χ0n) is 9.02. The molecule has 16 heavy (non-hydrogen) atoms. The number of aliphatic hydroxyl groups excluding tert-OH is 1. The lowest BCUT2D eigenvalue weighted by atomic mass is 10.1. The second kappa shape index (κ2) is 4.97. The van der Waals surface area contributed by atoms with Gasteiger partial charge in [-0.25, -0.2) is 0 Å². The fourth-order valence-electron chi connectivity index (χ4n) is 1.73. The highest BCUT2D eigenvalue weighted by atomic mass is 127. The Bertz CT molecular complexity index is 494. The number of rotatable bonds is 3. The molecular formula is C12H13IN2O. The van der Waals surface area contributed by atoms with Crippen LogP contribution in [0.4, 0.5) is 0 Å². The molecule has 1 aromatic carbocycles. The van der Waals surface area contributed by atoms with Crippen molar-refractivity contribution in [3.63, 3.8) is 0 Å². The van der Waals surface area contributed by atoms with E-state index in [0.29, 0.717) is 6.54 Å². The summed E-state index contributed by atoms with van der Waals surface area (Å²) in [6.45, 7) is 2.73. The first-order valence-electron chi connectivity index (χ1n) is 5.12. The topological polar surface area (TPSA) is 38.0 Å². The number of hydrogen-bond donors (Lipinski definition) is 1. The van der Waals surface area contributed by atoms with Gasteiger partial charge in [-0.2, -0.15) is 5.10 Å². The lowest BCUT2D eigenvalue weighted by Gasteiger charge is -2.09. The van der Waals surface area contributed by atoms with Crippen LogP contribution < -0.4 is 0 Å². The first-order valence-corrected chi connectivity index (χ1v) is 6.20. The van der Waals surface area contributed by atoms with Crippen molar-refractivity contribution < 1.29 is 5.11 Å². The van der Waals surface area contributed by atoms with E-state index < -0.39 is 0 Å². The predicted molar refractivity (Wildman–Crippen MR) is 72.2 cm³/mol. The summed E-state index contributed by atoms with van der Waals surface area (Å²) < 4.78 is 2.96. The Morgan fingerprint density at radius 2 is 2.12 bits per heavy atom. The van der Waals surface area contributed by atoms with Gasteiger partial charge < -0.3 is 5.11 Å². The van der Waals surface area contributed by atoms with Crippen molar-refractivity contribution in [2.24, 2.45) is 0 Å². The maximum atomic E-state index is 9.01. The van der Waals surface area contributed by atoms with Crippen LogP contribution in [0.25, 0.3) is 11.3 Å². The van der Waals surface area contributed by atoms with Crippen LogP contribution in [0.3, 0.4) is 0 Å². The van der Waals surface area contributed by atoms with Crippen LogP contribution in [0.5, 0.6) is 0 Å². The molecule has 0 amide bonds. The minimum atomic E-state index is 0.108. The zero-order valence-corrected chi connectivity index (χ0v) is 11.2. The summed E-state index contributed by atoms with van der Waals surface area (Å²) in [6.07, 6.45) is 1.83. The predicted octanol–water partition coefficient (Wildman–Crippen LogP) is 2.46. The van der Waals surface area contributed by atoms with Gasteiger partial charge in [-0.1, -0.05) is 24.3 Å². The molecule has 1 aromatic heterocycles. The van der Waals surface area contributed by atoms with Crippen molar-refractivity contribution in [2.75, 3.05) is 6.61 Å². The Labute approximate surface area is 108 Å². The summed E-state index contributed by atoms with van der Waals surface area (Å²) in [7, 11) is 0. The molecule has 0 saturated heterocycles. The molecular weight excluding hydrogens is 315 g/mol. The second-order valence-electron chi connectivity index (χ2n) is 3.60. The molecule has 0 radical (unpaired) electrons. The fourth-order valence-corrected chi connectivity index (χ4v) is 2.43. The summed E-state index contributed by atoms with van der Waals surface area (Å²) in [6, 6.07) is 8.22. The summed E-state index contributed by atoms with van der Waals surface area (Å²) in [5.74, 6) is 0. The molecule has 0 fully saturated rings. The zero-order chi connectivity index (χ0) is 11.5. The normalized spacial score (nSPS) is 10.7. The summed E-state index contributed by atoms with van der Waals surface area (Å²) in [4.78, 5) is 0. The largest absolute Gasteiger partial charge is 0.394 e. The number of benzene rings is 1. The van der Waals surface area contributed by atoms with Crippen LogP contribution in [0.2, 0.25) is 0 Å². The first kappa shape index (κ1) is 11.6. The molecule has 1 heterocycles. The summed E-state index contributed by atoms with van der Waals surface area (Å²) in [5.41, 5.74) is 3.49. The third-order valence-electron chi connectivity index (χ3n) is 2.51. The molecule has 4 heteroatoms. The minimum absolute atomic E-state index is 0.108. The Balaban J connectivity index is 2.54. The van der Waals surface area contributed by atoms with Gasteiger partial charge in [0.25, 0.3) is 0 Å². The monoisotopic (exact) mass is 328 g/mol. The molecule has 3 nitrogen and oxygen atoms in total. The molecule has 0 atom stereocenters. The van der Waals surface area contributed by atoms with Gasteiger partial charge >= 0.3 is 0 Å². The lowest BCUT2D eigenvalue weighted by molar-refractivity contribution is 0.270. The number of aromatic nitrogens is 2. The number of aliphatic hydroxyl groups is 1. The van der Waals surface area contributed by atoms with Crippen LogP contribution in [0, 0.1) is 10.5 Å². The van der Waals surface area contributed by atoms with E-state index >= 15 is 0 Å². The van der Waals surface area contributed by atoms with Crippen molar-refractivity contribution in [3.05, 3.63) is 39.6 Å². The van der Waals surface area contributed by atoms with Gasteiger partial charge in [-0.15, -0.1) is 0 Å². The summed E-state index contributed by atoms with van der Waals surface area (Å²) in [5, 5.41) is 13.3. The highest BCUT2D eigenvalue weighted by Crippen LogP contribution is 2.27. The average molecular weight is 328 g/mol. The molecule has 2 rings (SSSR count). The Hall–Kier alpha value is -0.880. The molecule has 0 aliphatic rings. The van der Waals surface area contributed by atoms with Gasteiger partial charge in [-0.05, 0) is 35.1 Å². The second-order valence-corrected chi connectivity index (χ2v) is 4.76. The molecule has 0 aliphatic carbocycles. The molecule has 0 unspecified atom stereocenters. The van der Waals surface area contributed by atoms with E-state index in [9.17, 15) is 0 Å². The number of hydrogen-bond acceptors (Lipinski definition) is 2. The van der Waals surface area contributed by atoms with E-state index in [1.165, 1.54) is 11.1 Å². The molecule has 1 N–H and O–H groups in total. The van der Waals surface area contributed by atoms with E-state index in [0.717, 1.165) is 9.26 Å². The van der Waals surface area contributed by atoms with Gasteiger partial charge in [0.1, 0.15) is 0 Å². The van der Waals surface area contributed by atoms with E-state index in [4.69, 9.17) is 5.11 Å². The maximum absolute atomic E-state index is 9.01. The Morgan fingerprint density at radius 1 is 1.38 bits per heavy atom. The van der Waals surface area contributed by atoms with Crippen LogP contribution in [-0.2, 0) is 6.54 Å². The average Bonchev–Trinajstić information content (AvgIpc) is 2.62. The van der Waals surface area contributed by atoms with Gasteiger partial charge in [0.05, 0.1) is 28.6 Å². The molecule has 0 bridgehead atoms. The number of aryl methyl sites for hydroxylation is 1. The van der Waals surface area contributed by atoms with E-state index in [2.05, 4.69) is 46.7 Å². The Morgan fingerprint density at radius 3 is 2.81 bits per heavy atom. The smallest absolute Gasteiger partial charge is 0.0819 e. The van der Waals surface area contributed by atoms with Crippen molar-refractivity contribution in [1.29, 1.82) is 0 Å². The highest BCUT2D eigenvalue weighted by Gasteiger charge is 2.12. The van der Waals surface area contributed by atoms with Gasteiger partial charge in [-0.3, -0.25) is 4.68 Å². The lowest BCUT2D eigenvalue weighted by Crippen LogP contribution is -2.06. The minimum Gasteiger partial charge on any atom is -0.394 e. The van der Waals surface area contributed by atoms with E-state index in [1.807, 2.05) is 23.0 Å². The van der Waals surface area contributed by atoms with Crippen LogP contribution >= 0.6 is 22.6 Å². The standard InChI is InChI=1S/C12H13IN2O/c1-9-4-2-3-5-10(9)12-11(13)8-14-15(12)6-7-16/h2-5,8,16H,6-7H2,1H3. The van der Waals surface area contributed by atoms with Crippen LogP contribution in [0.15, 0.2) is 30.5 Å². The van der Waals surface area contributed by atoms with E-state index in [-0.39, 0.29) is 6.61 Å². The molecule has 84 valence electrons. The summed E-state index contributed by atoms with van der Waals surface area (Å²) >= 11 is 2.28. The van der Waals surface area contributed by atoms with Crippen LogP contribution in [0.1, 0.15) is 5.56 Å². The molecule has 0 saturated carbocycles. The van der Waals surface area contributed by atoms with Gasteiger partial charge in [0.15, 0.2) is 0 Å². The first-order chi connectivity index (χ1) is 7.74. The van der Waals surface area contributed by atoms with Crippen molar-refractivity contribution in [2.45, 2.75) is 13.5 Å². The maximum Gasteiger partial charge on any atom is 0.0819 e. The highest BCUT2D eigenvalue weighted by molar-refractivity contribution is 14.1. The van der Waals surface area contributed by atoms with Crippen LogP contribution in [-0.4, -0.2) is 21.5 Å². The quantitative estimate of drug-likeness (QED) is 0.879. The van der Waals surface area contributed by atoms with Gasteiger partial charge in [0.2, 0.25) is 0 Å². The van der Waals surface area contributed by atoms with Crippen molar-refractivity contribution >= 4 is 22.6 Å². The molecule has 0 aliphatic heterocycles. The number of nitrogens with zero attached hydrogens (tertiary/aromatic N) is 2. The fraction of sp³-hybridized carbons (Fsp3) is 0.250. The van der Waals surface area contributed by atoms with E-state index in [1.54, 1.807) is 0 Å². The third-order valence-corrected chi connectivity index (χ3v) is 3.30.